The molecule has 2 N–H and O–H groups in total. The summed E-state index contributed by atoms with van der Waals surface area (Å²) in [5.41, 5.74) is 8.74. The molecule has 0 radical (unpaired) electrons. The molecule has 1 aromatic carbocycles. The second-order valence-corrected chi connectivity index (χ2v) is 6.94. The van der Waals surface area contributed by atoms with Crippen LogP contribution in [-0.4, -0.2) is 29.3 Å². The van der Waals surface area contributed by atoms with E-state index in [9.17, 15) is 4.79 Å². The number of carbonyl (C=O) groups excluding carboxylic acids is 1. The van der Waals surface area contributed by atoms with Gasteiger partial charge in [0.1, 0.15) is 5.69 Å². The van der Waals surface area contributed by atoms with Crippen LogP contribution in [0.25, 0.3) is 22.7 Å². The number of aromatic nitrogens is 2. The van der Waals surface area contributed by atoms with E-state index >= 15 is 0 Å². The zero-order chi connectivity index (χ0) is 19.6. The number of primary amides is 1. The number of carbonyl (C=O) groups is 1. The summed E-state index contributed by atoms with van der Waals surface area (Å²) in [6.07, 6.45) is 0.779. The smallest absolute Gasteiger partial charge is 0.250 e. The fourth-order valence-electron chi connectivity index (χ4n) is 2.97. The van der Waals surface area contributed by atoms with Crippen molar-refractivity contribution in [3.8, 4) is 22.7 Å². The molecule has 0 saturated carbocycles. The van der Waals surface area contributed by atoms with Gasteiger partial charge >= 0.3 is 0 Å². The highest BCUT2D eigenvalue weighted by Gasteiger charge is 2.20. The van der Waals surface area contributed by atoms with Crippen LogP contribution in [0, 0.1) is 6.92 Å². The minimum atomic E-state index is -0.486. The van der Waals surface area contributed by atoms with Gasteiger partial charge in [0.05, 0.1) is 16.3 Å². The van der Waals surface area contributed by atoms with Crippen LogP contribution in [0.3, 0.4) is 0 Å². The zero-order valence-corrected chi connectivity index (χ0v) is 16.5. The Balaban J connectivity index is 2.02. The van der Waals surface area contributed by atoms with Gasteiger partial charge in [-0.2, -0.15) is 0 Å². The standard InChI is InChI=1S/C19H19Cl2N3O3/c1-11-14(19(22)25)9-17(24(11)6-3-7-26-2)18-10-16(23-27-18)13-5-4-12(20)8-15(13)21/h4-5,8-10H,3,6-7H2,1-2H3,(H2,22,25). The molecule has 27 heavy (non-hydrogen) atoms. The van der Waals surface area contributed by atoms with Crippen LogP contribution in [0.2, 0.25) is 10.0 Å². The first-order valence-electron chi connectivity index (χ1n) is 8.33. The molecule has 1 amide bonds. The quantitative estimate of drug-likeness (QED) is 0.581. The van der Waals surface area contributed by atoms with Crippen molar-refractivity contribution in [2.24, 2.45) is 5.73 Å². The molecule has 3 aromatic rings. The largest absolute Gasteiger partial charge is 0.385 e. The van der Waals surface area contributed by atoms with Crippen LogP contribution in [0.15, 0.2) is 34.9 Å². The van der Waals surface area contributed by atoms with E-state index in [-0.39, 0.29) is 0 Å². The summed E-state index contributed by atoms with van der Waals surface area (Å²) in [5.74, 6) is 0.0313. The predicted octanol–water partition coefficient (Wildman–Crippen LogP) is 4.56. The molecule has 8 heteroatoms. The van der Waals surface area contributed by atoms with Crippen LogP contribution >= 0.6 is 23.2 Å². The van der Waals surface area contributed by atoms with Crippen molar-refractivity contribution in [3.05, 3.63) is 51.6 Å². The first-order chi connectivity index (χ1) is 12.9. The highest BCUT2D eigenvalue weighted by Crippen LogP contribution is 2.33. The average Bonchev–Trinajstić information content (AvgIpc) is 3.21. The van der Waals surface area contributed by atoms with E-state index < -0.39 is 5.91 Å². The van der Waals surface area contributed by atoms with E-state index in [0.29, 0.717) is 45.8 Å². The molecule has 6 nitrogen and oxygen atoms in total. The van der Waals surface area contributed by atoms with Crippen molar-refractivity contribution in [1.29, 1.82) is 0 Å². The molecule has 0 saturated heterocycles. The number of hydrogen-bond donors (Lipinski definition) is 1. The fraction of sp³-hybridized carbons (Fsp3) is 0.263. The summed E-state index contributed by atoms with van der Waals surface area (Å²) in [6.45, 7) is 3.11. The van der Waals surface area contributed by atoms with Gasteiger partial charge in [-0.3, -0.25) is 4.79 Å². The third-order valence-corrected chi connectivity index (χ3v) is 4.88. The number of hydrogen-bond acceptors (Lipinski definition) is 4. The summed E-state index contributed by atoms with van der Waals surface area (Å²) in [6, 6.07) is 8.67. The molecule has 142 valence electrons. The fourth-order valence-corrected chi connectivity index (χ4v) is 3.48. The first kappa shape index (κ1) is 19.5. The molecule has 0 unspecified atom stereocenters. The number of rotatable bonds is 7. The maximum atomic E-state index is 11.8. The molecule has 2 aromatic heterocycles. The van der Waals surface area contributed by atoms with Crippen molar-refractivity contribution < 1.29 is 14.1 Å². The normalized spacial score (nSPS) is 11.1. The Morgan fingerprint density at radius 1 is 1.30 bits per heavy atom. The van der Waals surface area contributed by atoms with Crippen molar-refractivity contribution >= 4 is 29.1 Å². The Morgan fingerprint density at radius 2 is 2.07 bits per heavy atom. The van der Waals surface area contributed by atoms with Crippen LogP contribution < -0.4 is 5.73 Å². The molecular formula is C19H19Cl2N3O3. The Bertz CT molecular complexity index is 979. The lowest BCUT2D eigenvalue weighted by atomic mass is 10.1. The van der Waals surface area contributed by atoms with Gasteiger partial charge in [0.25, 0.3) is 5.91 Å². The number of nitrogens with zero attached hydrogens (tertiary/aromatic N) is 2. The molecule has 0 spiro atoms. The Morgan fingerprint density at radius 3 is 2.74 bits per heavy atom. The van der Waals surface area contributed by atoms with Gasteiger partial charge in [0, 0.05) is 42.6 Å². The molecule has 0 fully saturated rings. The average molecular weight is 408 g/mol. The van der Waals surface area contributed by atoms with Gasteiger partial charge in [-0.05, 0) is 37.6 Å². The predicted molar refractivity (Wildman–Crippen MR) is 105 cm³/mol. The van der Waals surface area contributed by atoms with Crippen LogP contribution in [0.5, 0.6) is 0 Å². The van der Waals surface area contributed by atoms with Crippen LogP contribution in [0.4, 0.5) is 0 Å². The molecule has 0 atom stereocenters. The first-order valence-corrected chi connectivity index (χ1v) is 9.09. The highest BCUT2D eigenvalue weighted by molar-refractivity contribution is 6.36. The van der Waals surface area contributed by atoms with Crippen LogP contribution in [0.1, 0.15) is 22.5 Å². The van der Waals surface area contributed by atoms with E-state index in [0.717, 1.165) is 17.8 Å². The third kappa shape index (κ3) is 4.03. The maximum absolute atomic E-state index is 11.8. The topological polar surface area (TPSA) is 83.3 Å². The highest BCUT2D eigenvalue weighted by atomic mass is 35.5. The number of ether oxygens (including phenoxy) is 1. The van der Waals surface area contributed by atoms with Gasteiger partial charge in [-0.25, -0.2) is 0 Å². The van der Waals surface area contributed by atoms with Gasteiger partial charge in [0.15, 0.2) is 5.76 Å². The second-order valence-electron chi connectivity index (χ2n) is 6.09. The van der Waals surface area contributed by atoms with Gasteiger partial charge in [-0.1, -0.05) is 28.4 Å². The van der Waals surface area contributed by atoms with E-state index in [1.54, 1.807) is 37.4 Å². The third-order valence-electron chi connectivity index (χ3n) is 4.33. The lowest BCUT2D eigenvalue weighted by Crippen LogP contribution is -2.12. The van der Waals surface area contributed by atoms with Gasteiger partial charge in [-0.15, -0.1) is 0 Å². The molecule has 3 rings (SSSR count). The number of halogens is 2. The lowest BCUT2D eigenvalue weighted by molar-refractivity contribution is 0.0999. The summed E-state index contributed by atoms with van der Waals surface area (Å²) in [4.78, 5) is 11.8. The van der Waals surface area contributed by atoms with E-state index in [4.69, 9.17) is 38.2 Å². The molecular weight excluding hydrogens is 389 g/mol. The molecule has 0 aliphatic carbocycles. The Kier molecular flexibility index (Phi) is 5.89. The molecule has 0 aliphatic heterocycles. The summed E-state index contributed by atoms with van der Waals surface area (Å²) in [7, 11) is 1.65. The molecule has 0 aliphatic rings. The van der Waals surface area contributed by atoms with E-state index in [2.05, 4.69) is 5.16 Å². The lowest BCUT2D eigenvalue weighted by Gasteiger charge is -2.09. The van der Waals surface area contributed by atoms with Crippen molar-refractivity contribution in [1.82, 2.24) is 9.72 Å². The van der Waals surface area contributed by atoms with E-state index in [1.165, 1.54) is 0 Å². The van der Waals surface area contributed by atoms with Gasteiger partial charge < -0.3 is 19.6 Å². The monoisotopic (exact) mass is 407 g/mol. The van der Waals surface area contributed by atoms with E-state index in [1.807, 2.05) is 11.5 Å². The SMILES string of the molecule is COCCCn1c(-c2cc(-c3ccc(Cl)cc3Cl)no2)cc(C(N)=O)c1C. The van der Waals surface area contributed by atoms with Gasteiger partial charge in [0.2, 0.25) is 0 Å². The summed E-state index contributed by atoms with van der Waals surface area (Å²) in [5, 5.41) is 5.14. The summed E-state index contributed by atoms with van der Waals surface area (Å²) >= 11 is 12.2. The number of benzene rings is 1. The van der Waals surface area contributed by atoms with Crippen LogP contribution in [-0.2, 0) is 11.3 Å². The Labute approximate surface area is 166 Å². The number of amides is 1. The number of nitrogens with two attached hydrogens (primary N) is 1. The van der Waals surface area contributed by atoms with Crippen molar-refractivity contribution in [2.75, 3.05) is 13.7 Å². The maximum Gasteiger partial charge on any atom is 0.250 e. The molecule has 0 bridgehead atoms. The van der Waals surface area contributed by atoms with Crippen molar-refractivity contribution in [3.63, 3.8) is 0 Å². The van der Waals surface area contributed by atoms with Crippen molar-refractivity contribution in [2.45, 2.75) is 19.9 Å². The zero-order valence-electron chi connectivity index (χ0n) is 15.0. The second kappa shape index (κ2) is 8.17. The Hall–Kier alpha value is -2.28. The molecule has 2 heterocycles. The summed E-state index contributed by atoms with van der Waals surface area (Å²) < 4.78 is 12.6. The minimum Gasteiger partial charge on any atom is -0.385 e. The number of methoxy groups -OCH3 is 1. The minimum absolute atomic E-state index is 0.449.